The minimum atomic E-state index is -0.310. The van der Waals surface area contributed by atoms with Crippen LogP contribution in [-0.4, -0.2) is 34.5 Å². The van der Waals surface area contributed by atoms with E-state index >= 15 is 0 Å². The number of para-hydroxylation sites is 2. The summed E-state index contributed by atoms with van der Waals surface area (Å²) in [5.74, 6) is -0.612. The van der Waals surface area contributed by atoms with Crippen molar-refractivity contribution in [3.8, 4) is 0 Å². The zero-order valence-corrected chi connectivity index (χ0v) is 16.1. The van der Waals surface area contributed by atoms with Crippen LogP contribution in [0.2, 0.25) is 0 Å². The van der Waals surface area contributed by atoms with Crippen LogP contribution in [0.4, 0.5) is 0 Å². The van der Waals surface area contributed by atoms with Crippen LogP contribution in [0.1, 0.15) is 26.3 Å². The van der Waals surface area contributed by atoms with Gasteiger partial charge in [-0.3, -0.25) is 14.9 Å². The van der Waals surface area contributed by atoms with Gasteiger partial charge in [0, 0.05) is 40.2 Å². The summed E-state index contributed by atoms with van der Waals surface area (Å²) < 4.78 is 2.33. The third-order valence-corrected chi connectivity index (χ3v) is 6.62. The summed E-state index contributed by atoms with van der Waals surface area (Å²) in [7, 11) is 0. The molecule has 2 aliphatic rings. The Morgan fingerprint density at radius 3 is 2.50 bits per heavy atom. The molecule has 0 saturated heterocycles. The molecule has 4 heterocycles. The third kappa shape index (κ3) is 1.82. The zero-order chi connectivity index (χ0) is 20.0. The molecule has 3 aromatic carbocycles. The SMILES string of the molecule is O=C1NC(=O)c2c1c1c3ccccc3[nH]c1c1c2c2cccc3c2n1CCNCC3. The summed E-state index contributed by atoms with van der Waals surface area (Å²) in [5.41, 5.74) is 6.36. The van der Waals surface area contributed by atoms with Gasteiger partial charge < -0.3 is 14.9 Å². The Balaban J connectivity index is 1.85. The van der Waals surface area contributed by atoms with Crippen LogP contribution in [0.5, 0.6) is 0 Å². The van der Waals surface area contributed by atoms with E-state index in [-0.39, 0.29) is 11.8 Å². The van der Waals surface area contributed by atoms with Crippen molar-refractivity contribution in [1.29, 1.82) is 0 Å². The van der Waals surface area contributed by atoms with E-state index in [0.717, 1.165) is 64.2 Å². The fourth-order valence-electron chi connectivity index (χ4n) is 5.47. The zero-order valence-electron chi connectivity index (χ0n) is 16.1. The normalized spacial score (nSPS) is 16.4. The molecular formula is C24H18N4O2. The lowest BCUT2D eigenvalue weighted by atomic mass is 9.96. The number of H-pyrrole nitrogens is 1. The van der Waals surface area contributed by atoms with E-state index in [0.29, 0.717) is 11.1 Å². The van der Waals surface area contributed by atoms with Crippen molar-refractivity contribution >= 4 is 55.4 Å². The molecule has 0 spiro atoms. The maximum Gasteiger partial charge on any atom is 0.259 e. The van der Waals surface area contributed by atoms with Crippen LogP contribution < -0.4 is 10.6 Å². The van der Waals surface area contributed by atoms with Crippen molar-refractivity contribution in [2.24, 2.45) is 0 Å². The number of nitrogens with one attached hydrogen (secondary N) is 3. The highest BCUT2D eigenvalue weighted by Gasteiger charge is 2.36. The minimum absolute atomic E-state index is 0.301. The lowest BCUT2D eigenvalue weighted by molar-refractivity contribution is 0.0880. The van der Waals surface area contributed by atoms with Crippen molar-refractivity contribution < 1.29 is 9.59 Å². The van der Waals surface area contributed by atoms with Gasteiger partial charge in [0.1, 0.15) is 0 Å². The maximum absolute atomic E-state index is 13.0. The molecule has 2 aromatic heterocycles. The van der Waals surface area contributed by atoms with E-state index in [2.05, 4.69) is 38.4 Å². The smallest absolute Gasteiger partial charge is 0.259 e. The van der Waals surface area contributed by atoms with Gasteiger partial charge in [-0.15, -0.1) is 0 Å². The summed E-state index contributed by atoms with van der Waals surface area (Å²) in [4.78, 5) is 29.5. The number of fused-ring (bicyclic) bond motifs is 10. The fourth-order valence-corrected chi connectivity index (χ4v) is 5.47. The molecule has 0 fully saturated rings. The number of benzene rings is 3. The number of amides is 2. The number of nitrogens with zero attached hydrogens (tertiary/aromatic N) is 1. The number of imide groups is 1. The third-order valence-electron chi connectivity index (χ3n) is 6.62. The Labute approximate surface area is 170 Å². The molecule has 0 saturated carbocycles. The number of hydrogen-bond donors (Lipinski definition) is 3. The molecule has 7 rings (SSSR count). The van der Waals surface area contributed by atoms with Crippen molar-refractivity contribution in [1.82, 2.24) is 20.2 Å². The predicted octanol–water partition coefficient (Wildman–Crippen LogP) is 3.46. The highest BCUT2D eigenvalue weighted by atomic mass is 16.2. The Morgan fingerprint density at radius 1 is 0.800 bits per heavy atom. The number of aromatic nitrogens is 2. The van der Waals surface area contributed by atoms with Crippen LogP contribution in [-0.2, 0) is 13.0 Å². The first-order valence-corrected chi connectivity index (χ1v) is 10.3. The minimum Gasteiger partial charge on any atom is -0.353 e. The molecule has 6 nitrogen and oxygen atoms in total. The van der Waals surface area contributed by atoms with E-state index in [4.69, 9.17) is 0 Å². The number of hydrogen-bond acceptors (Lipinski definition) is 3. The van der Waals surface area contributed by atoms with E-state index < -0.39 is 0 Å². The summed E-state index contributed by atoms with van der Waals surface area (Å²) in [6.07, 6.45) is 0.927. The molecule has 5 aromatic rings. The highest BCUT2D eigenvalue weighted by molar-refractivity contribution is 6.39. The van der Waals surface area contributed by atoms with Crippen LogP contribution in [0.3, 0.4) is 0 Å². The molecular weight excluding hydrogens is 376 g/mol. The highest BCUT2D eigenvalue weighted by Crippen LogP contribution is 2.44. The van der Waals surface area contributed by atoms with Crippen molar-refractivity contribution in [2.75, 3.05) is 13.1 Å². The number of rotatable bonds is 0. The lowest BCUT2D eigenvalue weighted by Gasteiger charge is -2.15. The first-order chi connectivity index (χ1) is 14.7. The molecule has 2 aliphatic heterocycles. The Bertz CT molecular complexity index is 1590. The lowest BCUT2D eigenvalue weighted by Crippen LogP contribution is -2.24. The van der Waals surface area contributed by atoms with Crippen LogP contribution in [0.25, 0.3) is 43.6 Å². The molecule has 0 unspecified atom stereocenters. The fraction of sp³-hybridized carbons (Fsp3) is 0.167. The van der Waals surface area contributed by atoms with E-state index in [9.17, 15) is 9.59 Å². The van der Waals surface area contributed by atoms with Crippen molar-refractivity contribution in [3.05, 3.63) is 59.2 Å². The molecule has 30 heavy (non-hydrogen) atoms. The standard InChI is InChI=1S/C24H18N4O2/c29-23-18-16-13-5-1-2-7-15(13)26-20(16)22-17(19(18)24(30)27-23)14-6-3-4-12-8-9-25-10-11-28(22)21(12)14/h1-7,25-26H,8-11H2,(H,27,29,30). The van der Waals surface area contributed by atoms with Crippen LogP contribution in [0, 0.1) is 0 Å². The van der Waals surface area contributed by atoms with Gasteiger partial charge in [-0.05, 0) is 24.6 Å². The number of carbonyl (C=O) groups is 2. The quantitative estimate of drug-likeness (QED) is 0.352. The molecule has 6 heteroatoms. The average Bonchev–Trinajstić information content (AvgIpc) is 3.35. The second-order valence-electron chi connectivity index (χ2n) is 8.14. The first kappa shape index (κ1) is 16.2. The van der Waals surface area contributed by atoms with Crippen molar-refractivity contribution in [2.45, 2.75) is 13.0 Å². The molecule has 3 N–H and O–H groups in total. The largest absolute Gasteiger partial charge is 0.353 e. The number of carbonyl (C=O) groups excluding carboxylic acids is 2. The topological polar surface area (TPSA) is 78.9 Å². The summed E-state index contributed by atoms with van der Waals surface area (Å²) in [5, 5.41) is 9.80. The molecule has 0 aliphatic carbocycles. The maximum atomic E-state index is 13.0. The number of aromatic amines is 1. The summed E-state index contributed by atoms with van der Waals surface area (Å²) >= 11 is 0. The van der Waals surface area contributed by atoms with Gasteiger partial charge in [-0.25, -0.2) is 0 Å². The van der Waals surface area contributed by atoms with Gasteiger partial charge in [0.2, 0.25) is 0 Å². The van der Waals surface area contributed by atoms with E-state index in [1.165, 1.54) is 11.1 Å². The first-order valence-electron chi connectivity index (χ1n) is 10.3. The molecule has 0 bridgehead atoms. The van der Waals surface area contributed by atoms with Gasteiger partial charge >= 0.3 is 0 Å². The Kier molecular flexibility index (Phi) is 2.96. The van der Waals surface area contributed by atoms with Gasteiger partial charge in [0.25, 0.3) is 11.8 Å². The monoisotopic (exact) mass is 394 g/mol. The van der Waals surface area contributed by atoms with E-state index in [1.54, 1.807) is 0 Å². The Morgan fingerprint density at radius 2 is 1.60 bits per heavy atom. The molecule has 146 valence electrons. The van der Waals surface area contributed by atoms with Gasteiger partial charge in [-0.2, -0.15) is 0 Å². The molecule has 2 amide bonds. The molecule has 0 radical (unpaired) electrons. The van der Waals surface area contributed by atoms with E-state index in [1.807, 2.05) is 24.3 Å². The molecule has 0 atom stereocenters. The van der Waals surface area contributed by atoms with Gasteiger partial charge in [0.15, 0.2) is 0 Å². The second-order valence-corrected chi connectivity index (χ2v) is 8.14. The summed E-state index contributed by atoms with van der Waals surface area (Å²) in [6.45, 7) is 2.59. The predicted molar refractivity (Wildman–Crippen MR) is 117 cm³/mol. The summed E-state index contributed by atoms with van der Waals surface area (Å²) in [6, 6.07) is 14.3. The second kappa shape index (κ2) is 5.49. The van der Waals surface area contributed by atoms with Crippen LogP contribution >= 0.6 is 0 Å². The van der Waals surface area contributed by atoms with Gasteiger partial charge in [0.05, 0.1) is 27.7 Å². The Hall–Kier alpha value is -3.64. The van der Waals surface area contributed by atoms with Crippen molar-refractivity contribution in [3.63, 3.8) is 0 Å². The van der Waals surface area contributed by atoms with Gasteiger partial charge in [-0.1, -0.05) is 36.4 Å². The van der Waals surface area contributed by atoms with Crippen LogP contribution in [0.15, 0.2) is 42.5 Å². The average molecular weight is 394 g/mol.